The molecule has 0 aromatic carbocycles. The lowest BCUT2D eigenvalue weighted by atomic mass is 10.1. The monoisotopic (exact) mass is 209 g/mol. The minimum atomic E-state index is -0.918. The van der Waals surface area contributed by atoms with E-state index in [9.17, 15) is 4.79 Å². The SMILES string of the molecule is CC(C)C(OCc1ccncc1)C(=O)O. The number of carbonyl (C=O) groups is 1. The molecule has 1 N–H and O–H groups in total. The fourth-order valence-electron chi connectivity index (χ4n) is 1.21. The molecule has 0 aliphatic carbocycles. The van der Waals surface area contributed by atoms with E-state index in [1.165, 1.54) is 0 Å². The van der Waals surface area contributed by atoms with Gasteiger partial charge >= 0.3 is 5.97 Å². The van der Waals surface area contributed by atoms with Crippen LogP contribution in [0.1, 0.15) is 19.4 Å². The summed E-state index contributed by atoms with van der Waals surface area (Å²) in [6.45, 7) is 3.95. The molecule has 0 fully saturated rings. The van der Waals surface area contributed by atoms with Gasteiger partial charge in [0.15, 0.2) is 6.10 Å². The fraction of sp³-hybridized carbons (Fsp3) is 0.455. The normalized spacial score (nSPS) is 12.7. The Bertz CT molecular complexity index is 311. The highest BCUT2D eigenvalue weighted by Crippen LogP contribution is 2.10. The van der Waals surface area contributed by atoms with Crippen LogP contribution in [0.5, 0.6) is 0 Å². The molecular weight excluding hydrogens is 194 g/mol. The van der Waals surface area contributed by atoms with Crippen molar-refractivity contribution < 1.29 is 14.6 Å². The van der Waals surface area contributed by atoms with Crippen molar-refractivity contribution in [3.05, 3.63) is 30.1 Å². The Kier molecular flexibility index (Phi) is 4.24. The van der Waals surface area contributed by atoms with Gasteiger partial charge in [-0.25, -0.2) is 4.79 Å². The van der Waals surface area contributed by atoms with E-state index in [1.54, 1.807) is 24.5 Å². The molecule has 15 heavy (non-hydrogen) atoms. The Morgan fingerprint density at radius 2 is 2.07 bits per heavy atom. The molecule has 0 radical (unpaired) electrons. The van der Waals surface area contributed by atoms with Gasteiger partial charge in [0, 0.05) is 12.4 Å². The molecule has 82 valence electrons. The third-order valence-electron chi connectivity index (χ3n) is 2.03. The lowest BCUT2D eigenvalue weighted by Gasteiger charge is -2.16. The Balaban J connectivity index is 2.51. The van der Waals surface area contributed by atoms with Gasteiger partial charge in [0.2, 0.25) is 0 Å². The van der Waals surface area contributed by atoms with Gasteiger partial charge in [-0.05, 0) is 23.6 Å². The van der Waals surface area contributed by atoms with Crippen molar-refractivity contribution in [1.29, 1.82) is 0 Å². The minimum absolute atomic E-state index is 0.0377. The van der Waals surface area contributed by atoms with Crippen molar-refractivity contribution in [2.75, 3.05) is 0 Å². The summed E-state index contributed by atoms with van der Waals surface area (Å²) >= 11 is 0. The van der Waals surface area contributed by atoms with Gasteiger partial charge in [0.25, 0.3) is 0 Å². The van der Waals surface area contributed by atoms with Crippen LogP contribution in [0, 0.1) is 5.92 Å². The fourth-order valence-corrected chi connectivity index (χ4v) is 1.21. The summed E-state index contributed by atoms with van der Waals surface area (Å²) < 4.78 is 5.32. The van der Waals surface area contributed by atoms with Crippen LogP contribution in [-0.2, 0) is 16.1 Å². The van der Waals surface area contributed by atoms with Gasteiger partial charge in [-0.3, -0.25) is 4.98 Å². The lowest BCUT2D eigenvalue weighted by molar-refractivity contribution is -0.154. The minimum Gasteiger partial charge on any atom is -0.479 e. The molecule has 1 rings (SSSR count). The molecule has 0 aliphatic rings. The van der Waals surface area contributed by atoms with E-state index in [4.69, 9.17) is 9.84 Å². The number of carboxylic acid groups (broad SMARTS) is 1. The molecule has 1 heterocycles. The van der Waals surface area contributed by atoms with Gasteiger partial charge < -0.3 is 9.84 Å². The van der Waals surface area contributed by atoms with Crippen molar-refractivity contribution in [3.8, 4) is 0 Å². The van der Waals surface area contributed by atoms with Crippen LogP contribution in [0.15, 0.2) is 24.5 Å². The number of ether oxygens (including phenoxy) is 1. The first-order chi connectivity index (χ1) is 7.11. The summed E-state index contributed by atoms with van der Waals surface area (Å²) in [6.07, 6.45) is 2.56. The molecule has 4 nitrogen and oxygen atoms in total. The zero-order valence-electron chi connectivity index (χ0n) is 8.88. The zero-order valence-corrected chi connectivity index (χ0v) is 8.88. The van der Waals surface area contributed by atoms with Crippen LogP contribution in [0.25, 0.3) is 0 Å². The molecule has 1 aromatic heterocycles. The van der Waals surface area contributed by atoms with E-state index in [0.29, 0.717) is 6.61 Å². The summed E-state index contributed by atoms with van der Waals surface area (Å²) in [4.78, 5) is 14.7. The van der Waals surface area contributed by atoms with E-state index in [2.05, 4.69) is 4.98 Å². The van der Waals surface area contributed by atoms with Crippen LogP contribution < -0.4 is 0 Å². The second-order valence-electron chi connectivity index (χ2n) is 3.67. The average Bonchev–Trinajstić information content (AvgIpc) is 2.18. The molecule has 1 atom stereocenters. The maximum Gasteiger partial charge on any atom is 0.333 e. The van der Waals surface area contributed by atoms with Crippen LogP contribution >= 0.6 is 0 Å². The van der Waals surface area contributed by atoms with Crippen LogP contribution in [0.4, 0.5) is 0 Å². The summed E-state index contributed by atoms with van der Waals surface area (Å²) in [7, 11) is 0. The highest BCUT2D eigenvalue weighted by atomic mass is 16.5. The molecule has 1 aromatic rings. The molecule has 0 aliphatic heterocycles. The summed E-state index contributed by atoms with van der Waals surface area (Å²) in [5, 5.41) is 8.88. The largest absolute Gasteiger partial charge is 0.479 e. The first kappa shape index (κ1) is 11.7. The Hall–Kier alpha value is -1.42. The predicted octanol–water partition coefficient (Wildman–Crippen LogP) is 1.71. The molecule has 0 amide bonds. The van der Waals surface area contributed by atoms with Crippen molar-refractivity contribution in [2.45, 2.75) is 26.6 Å². The number of hydrogen-bond acceptors (Lipinski definition) is 3. The number of carboxylic acids is 1. The third kappa shape index (κ3) is 3.67. The topological polar surface area (TPSA) is 59.4 Å². The molecule has 0 saturated heterocycles. The van der Waals surface area contributed by atoms with Gasteiger partial charge in [-0.15, -0.1) is 0 Å². The van der Waals surface area contributed by atoms with Crippen molar-refractivity contribution in [1.82, 2.24) is 4.98 Å². The lowest BCUT2D eigenvalue weighted by Crippen LogP contribution is -2.29. The number of aliphatic carboxylic acids is 1. The number of nitrogens with zero attached hydrogens (tertiary/aromatic N) is 1. The van der Waals surface area contributed by atoms with Crippen molar-refractivity contribution in [2.24, 2.45) is 5.92 Å². The summed E-state index contributed by atoms with van der Waals surface area (Å²) in [5.74, 6) is -0.955. The second-order valence-corrected chi connectivity index (χ2v) is 3.67. The van der Waals surface area contributed by atoms with Gasteiger partial charge in [0.05, 0.1) is 6.61 Å². The van der Waals surface area contributed by atoms with Gasteiger partial charge in [-0.1, -0.05) is 13.8 Å². The quantitative estimate of drug-likeness (QED) is 0.802. The summed E-state index contributed by atoms with van der Waals surface area (Å²) in [5.41, 5.74) is 0.928. The number of hydrogen-bond donors (Lipinski definition) is 1. The van der Waals surface area contributed by atoms with E-state index in [0.717, 1.165) is 5.56 Å². The van der Waals surface area contributed by atoms with Crippen LogP contribution in [0.3, 0.4) is 0 Å². The van der Waals surface area contributed by atoms with Crippen LogP contribution in [0.2, 0.25) is 0 Å². The predicted molar refractivity (Wildman–Crippen MR) is 55.3 cm³/mol. The Labute approximate surface area is 88.9 Å². The zero-order chi connectivity index (χ0) is 11.3. The average molecular weight is 209 g/mol. The highest BCUT2D eigenvalue weighted by molar-refractivity contribution is 5.72. The standard InChI is InChI=1S/C11H15NO3/c1-8(2)10(11(13)14)15-7-9-3-5-12-6-4-9/h3-6,8,10H,7H2,1-2H3,(H,13,14). The van der Waals surface area contributed by atoms with Gasteiger partial charge in [-0.2, -0.15) is 0 Å². The molecular formula is C11H15NO3. The molecule has 0 bridgehead atoms. The third-order valence-corrected chi connectivity index (χ3v) is 2.03. The number of rotatable bonds is 5. The van der Waals surface area contributed by atoms with E-state index >= 15 is 0 Å². The number of aromatic nitrogens is 1. The van der Waals surface area contributed by atoms with Crippen LogP contribution in [-0.4, -0.2) is 22.2 Å². The van der Waals surface area contributed by atoms with Crippen molar-refractivity contribution >= 4 is 5.97 Å². The maximum atomic E-state index is 10.8. The second kappa shape index (κ2) is 5.46. The molecule has 1 unspecified atom stereocenters. The van der Waals surface area contributed by atoms with E-state index in [-0.39, 0.29) is 5.92 Å². The summed E-state index contributed by atoms with van der Waals surface area (Å²) in [6, 6.07) is 3.61. The molecule has 4 heteroatoms. The van der Waals surface area contributed by atoms with E-state index < -0.39 is 12.1 Å². The van der Waals surface area contributed by atoms with Crippen molar-refractivity contribution in [3.63, 3.8) is 0 Å². The first-order valence-corrected chi connectivity index (χ1v) is 4.84. The smallest absolute Gasteiger partial charge is 0.333 e. The number of pyridine rings is 1. The van der Waals surface area contributed by atoms with Gasteiger partial charge in [0.1, 0.15) is 0 Å². The maximum absolute atomic E-state index is 10.8. The molecule has 0 spiro atoms. The highest BCUT2D eigenvalue weighted by Gasteiger charge is 2.21. The Morgan fingerprint density at radius 1 is 1.47 bits per heavy atom. The van der Waals surface area contributed by atoms with E-state index in [1.807, 2.05) is 13.8 Å². The Morgan fingerprint density at radius 3 is 2.53 bits per heavy atom. The molecule has 0 saturated carbocycles. The first-order valence-electron chi connectivity index (χ1n) is 4.84.